The highest BCUT2D eigenvalue weighted by Gasteiger charge is 2.40. The van der Waals surface area contributed by atoms with Crippen molar-refractivity contribution >= 4 is 27.2 Å². The summed E-state index contributed by atoms with van der Waals surface area (Å²) < 4.78 is 1.25. The summed E-state index contributed by atoms with van der Waals surface area (Å²) >= 11 is 1.77. The van der Waals surface area contributed by atoms with E-state index in [4.69, 9.17) is 4.98 Å². The second-order valence-corrected chi connectivity index (χ2v) is 7.76. The number of fused-ring (bicyclic) bond motifs is 2. The van der Waals surface area contributed by atoms with Gasteiger partial charge in [0.05, 0.1) is 10.2 Å². The standard InChI is InChI=1S/C19H20N2S/c1-12-19(2,3)14-11-13(9-10-16(14)21(12)4)18-20-15-7-5-6-8-17(15)22-18/h5-12H,1-4H3. The first-order valence-electron chi connectivity index (χ1n) is 7.72. The van der Waals surface area contributed by atoms with E-state index in [9.17, 15) is 0 Å². The van der Waals surface area contributed by atoms with Crippen LogP contribution >= 0.6 is 11.3 Å². The second kappa shape index (κ2) is 4.56. The van der Waals surface area contributed by atoms with Gasteiger partial charge in [0, 0.05) is 29.8 Å². The highest BCUT2D eigenvalue weighted by atomic mass is 32.1. The molecule has 2 heterocycles. The van der Waals surface area contributed by atoms with Crippen LogP contribution in [-0.4, -0.2) is 18.1 Å². The van der Waals surface area contributed by atoms with Gasteiger partial charge in [-0.2, -0.15) is 0 Å². The lowest BCUT2D eigenvalue weighted by Gasteiger charge is -2.28. The molecule has 3 heteroatoms. The molecule has 1 aromatic heterocycles. The van der Waals surface area contributed by atoms with E-state index in [0.717, 1.165) is 10.5 Å². The van der Waals surface area contributed by atoms with Crippen LogP contribution in [0.25, 0.3) is 20.8 Å². The number of aromatic nitrogens is 1. The van der Waals surface area contributed by atoms with Gasteiger partial charge >= 0.3 is 0 Å². The maximum Gasteiger partial charge on any atom is 0.124 e. The Balaban J connectivity index is 1.87. The Hall–Kier alpha value is -1.87. The van der Waals surface area contributed by atoms with Crippen LogP contribution in [0.1, 0.15) is 26.3 Å². The van der Waals surface area contributed by atoms with E-state index >= 15 is 0 Å². The SMILES string of the molecule is CC1N(C)c2ccc(-c3nc4ccccc4s3)cc2C1(C)C. The van der Waals surface area contributed by atoms with Crippen molar-refractivity contribution in [3.8, 4) is 10.6 Å². The lowest BCUT2D eigenvalue weighted by molar-refractivity contribution is 0.454. The van der Waals surface area contributed by atoms with Crippen LogP contribution in [0.15, 0.2) is 42.5 Å². The predicted molar refractivity (Wildman–Crippen MR) is 95.9 cm³/mol. The fourth-order valence-electron chi connectivity index (χ4n) is 3.41. The molecule has 112 valence electrons. The Morgan fingerprint density at radius 3 is 2.68 bits per heavy atom. The molecule has 3 aromatic rings. The van der Waals surface area contributed by atoms with Crippen LogP contribution in [0.5, 0.6) is 0 Å². The molecule has 0 radical (unpaired) electrons. The monoisotopic (exact) mass is 308 g/mol. The molecule has 4 rings (SSSR count). The minimum atomic E-state index is 0.163. The largest absolute Gasteiger partial charge is 0.371 e. The highest BCUT2D eigenvalue weighted by Crippen LogP contribution is 2.46. The van der Waals surface area contributed by atoms with E-state index in [-0.39, 0.29) is 5.41 Å². The number of hydrogen-bond donors (Lipinski definition) is 0. The van der Waals surface area contributed by atoms with Crippen molar-refractivity contribution < 1.29 is 0 Å². The fraction of sp³-hybridized carbons (Fsp3) is 0.316. The molecular weight excluding hydrogens is 288 g/mol. The molecule has 0 amide bonds. The lowest BCUT2D eigenvalue weighted by Crippen LogP contribution is -2.36. The van der Waals surface area contributed by atoms with Crippen molar-refractivity contribution in [3.05, 3.63) is 48.0 Å². The number of para-hydroxylation sites is 1. The van der Waals surface area contributed by atoms with Crippen molar-refractivity contribution in [2.75, 3.05) is 11.9 Å². The summed E-state index contributed by atoms with van der Waals surface area (Å²) in [7, 11) is 2.19. The third kappa shape index (κ3) is 1.82. The maximum atomic E-state index is 4.80. The molecule has 22 heavy (non-hydrogen) atoms. The Bertz CT molecular complexity index is 830. The van der Waals surface area contributed by atoms with Crippen LogP contribution in [0.3, 0.4) is 0 Å². The van der Waals surface area contributed by atoms with E-state index < -0.39 is 0 Å². The van der Waals surface area contributed by atoms with Gasteiger partial charge < -0.3 is 4.90 Å². The molecule has 2 nitrogen and oxygen atoms in total. The van der Waals surface area contributed by atoms with E-state index in [2.05, 4.69) is 69.1 Å². The van der Waals surface area contributed by atoms with Crippen molar-refractivity contribution in [1.29, 1.82) is 0 Å². The molecule has 0 aliphatic carbocycles. The van der Waals surface area contributed by atoms with E-state index in [1.165, 1.54) is 21.5 Å². The van der Waals surface area contributed by atoms with Gasteiger partial charge in [-0.3, -0.25) is 0 Å². The van der Waals surface area contributed by atoms with Gasteiger partial charge in [0.1, 0.15) is 5.01 Å². The van der Waals surface area contributed by atoms with Gasteiger partial charge in [-0.15, -0.1) is 11.3 Å². The molecule has 1 aliphatic rings. The minimum absolute atomic E-state index is 0.163. The summed E-state index contributed by atoms with van der Waals surface area (Å²) in [6.07, 6.45) is 0. The first kappa shape index (κ1) is 13.8. The van der Waals surface area contributed by atoms with E-state index in [0.29, 0.717) is 6.04 Å². The molecular formula is C19H20N2S. The first-order valence-corrected chi connectivity index (χ1v) is 8.53. The zero-order valence-electron chi connectivity index (χ0n) is 13.4. The van der Waals surface area contributed by atoms with Gasteiger partial charge in [-0.25, -0.2) is 4.98 Å². The average Bonchev–Trinajstić information content (AvgIpc) is 3.02. The van der Waals surface area contributed by atoms with Gasteiger partial charge in [0.15, 0.2) is 0 Å². The predicted octanol–water partition coefficient (Wildman–Crippen LogP) is 5.08. The topological polar surface area (TPSA) is 16.1 Å². The van der Waals surface area contributed by atoms with Crippen molar-refractivity contribution in [2.24, 2.45) is 0 Å². The van der Waals surface area contributed by atoms with Crippen LogP contribution in [-0.2, 0) is 5.41 Å². The summed E-state index contributed by atoms with van der Waals surface area (Å²) in [5, 5.41) is 1.11. The highest BCUT2D eigenvalue weighted by molar-refractivity contribution is 7.21. The lowest BCUT2D eigenvalue weighted by atomic mass is 9.81. The van der Waals surface area contributed by atoms with Crippen molar-refractivity contribution in [3.63, 3.8) is 0 Å². The number of rotatable bonds is 1. The third-order valence-electron chi connectivity index (χ3n) is 5.24. The Morgan fingerprint density at radius 1 is 1.14 bits per heavy atom. The second-order valence-electron chi connectivity index (χ2n) is 6.73. The molecule has 2 aromatic carbocycles. The van der Waals surface area contributed by atoms with Gasteiger partial charge in [-0.05, 0) is 42.8 Å². The smallest absolute Gasteiger partial charge is 0.124 e. The quantitative estimate of drug-likeness (QED) is 0.623. The van der Waals surface area contributed by atoms with Gasteiger partial charge in [0.25, 0.3) is 0 Å². The number of thiazole rings is 1. The summed E-state index contributed by atoms with van der Waals surface area (Å²) in [4.78, 5) is 7.19. The molecule has 1 atom stereocenters. The Kier molecular flexibility index (Phi) is 2.85. The molecule has 1 aliphatic heterocycles. The zero-order chi connectivity index (χ0) is 15.5. The molecule has 0 N–H and O–H groups in total. The summed E-state index contributed by atoms with van der Waals surface area (Å²) in [5.41, 5.74) is 5.27. The normalized spacial score (nSPS) is 19.6. The zero-order valence-corrected chi connectivity index (χ0v) is 14.2. The van der Waals surface area contributed by atoms with Gasteiger partial charge in [-0.1, -0.05) is 26.0 Å². The summed E-state index contributed by atoms with van der Waals surface area (Å²) in [5.74, 6) is 0. The fourth-order valence-corrected chi connectivity index (χ4v) is 4.37. The average molecular weight is 308 g/mol. The molecule has 1 unspecified atom stereocenters. The summed E-state index contributed by atoms with van der Waals surface area (Å²) in [6, 6.07) is 15.7. The Morgan fingerprint density at radius 2 is 1.91 bits per heavy atom. The Labute approximate surface area is 135 Å². The van der Waals surface area contributed by atoms with Crippen molar-refractivity contribution in [1.82, 2.24) is 4.98 Å². The third-order valence-corrected chi connectivity index (χ3v) is 6.32. The maximum absolute atomic E-state index is 4.80. The van der Waals surface area contributed by atoms with E-state index in [1.54, 1.807) is 11.3 Å². The van der Waals surface area contributed by atoms with Crippen LogP contribution in [0.4, 0.5) is 5.69 Å². The van der Waals surface area contributed by atoms with Gasteiger partial charge in [0.2, 0.25) is 0 Å². The number of anilines is 1. The number of nitrogens with zero attached hydrogens (tertiary/aromatic N) is 2. The minimum Gasteiger partial charge on any atom is -0.371 e. The molecule has 0 spiro atoms. The van der Waals surface area contributed by atoms with Crippen LogP contribution < -0.4 is 4.90 Å². The first-order chi connectivity index (χ1) is 10.5. The molecule has 0 saturated carbocycles. The molecule has 0 saturated heterocycles. The number of hydrogen-bond acceptors (Lipinski definition) is 3. The summed E-state index contributed by atoms with van der Waals surface area (Å²) in [6.45, 7) is 6.97. The molecule has 0 fully saturated rings. The molecule has 0 bridgehead atoms. The number of likely N-dealkylation sites (N-methyl/N-ethyl adjacent to an activating group) is 1. The van der Waals surface area contributed by atoms with Crippen LogP contribution in [0.2, 0.25) is 0 Å². The van der Waals surface area contributed by atoms with Crippen LogP contribution in [0, 0.1) is 0 Å². The van der Waals surface area contributed by atoms with Crippen molar-refractivity contribution in [2.45, 2.75) is 32.2 Å². The van der Waals surface area contributed by atoms with E-state index in [1.807, 2.05) is 6.07 Å². The number of benzene rings is 2.